The number of amides is 1. The molecule has 0 aliphatic heterocycles. The van der Waals surface area contributed by atoms with Crippen molar-refractivity contribution in [1.29, 1.82) is 5.26 Å². The molecule has 0 aromatic carbocycles. The second-order valence-corrected chi connectivity index (χ2v) is 3.16. The van der Waals surface area contributed by atoms with E-state index >= 15 is 0 Å². The van der Waals surface area contributed by atoms with Crippen LogP contribution in [0, 0.1) is 11.3 Å². The number of carbonyl (C=O) groups is 1. The summed E-state index contributed by atoms with van der Waals surface area (Å²) in [5.74, 6) is 4.82. The summed E-state index contributed by atoms with van der Waals surface area (Å²) in [6.07, 6.45) is 0.859. The van der Waals surface area contributed by atoms with Gasteiger partial charge in [0.15, 0.2) is 0 Å². The maximum atomic E-state index is 11.0. The van der Waals surface area contributed by atoms with E-state index < -0.39 is 0 Å². The Labute approximate surface area is 84.8 Å². The van der Waals surface area contributed by atoms with Crippen molar-refractivity contribution in [3.8, 4) is 6.07 Å². The van der Waals surface area contributed by atoms with Crippen LogP contribution in [0.1, 0.15) is 26.7 Å². The van der Waals surface area contributed by atoms with E-state index in [1.54, 1.807) is 0 Å². The third-order valence-corrected chi connectivity index (χ3v) is 2.18. The molecule has 0 aromatic rings. The third-order valence-electron chi connectivity index (χ3n) is 2.18. The molecule has 0 saturated heterocycles. The first-order chi connectivity index (χ1) is 6.65. The molecule has 0 rings (SSSR count). The lowest BCUT2D eigenvalue weighted by Gasteiger charge is -2.26. The third kappa shape index (κ3) is 4.80. The summed E-state index contributed by atoms with van der Waals surface area (Å²) in [5.41, 5.74) is 2.10. The summed E-state index contributed by atoms with van der Waals surface area (Å²) in [6, 6.07) is 2.21. The molecule has 3 N–H and O–H groups in total. The van der Waals surface area contributed by atoms with E-state index in [1.165, 1.54) is 0 Å². The van der Waals surface area contributed by atoms with E-state index in [0.29, 0.717) is 19.4 Å². The van der Waals surface area contributed by atoms with E-state index in [2.05, 4.69) is 16.4 Å². The SMILES string of the molecule is CCN(CCC#N)C(C)CC(=O)NN. The first-order valence-corrected chi connectivity index (χ1v) is 4.76. The van der Waals surface area contributed by atoms with Gasteiger partial charge >= 0.3 is 0 Å². The first-order valence-electron chi connectivity index (χ1n) is 4.76. The minimum atomic E-state index is -0.173. The Morgan fingerprint density at radius 1 is 1.71 bits per heavy atom. The summed E-state index contributed by atoms with van der Waals surface area (Å²) in [4.78, 5) is 13.1. The van der Waals surface area contributed by atoms with Gasteiger partial charge in [-0.25, -0.2) is 5.84 Å². The van der Waals surface area contributed by atoms with Crippen molar-refractivity contribution in [1.82, 2.24) is 10.3 Å². The molecule has 0 aliphatic carbocycles. The van der Waals surface area contributed by atoms with Gasteiger partial charge in [-0.05, 0) is 13.5 Å². The molecule has 14 heavy (non-hydrogen) atoms. The summed E-state index contributed by atoms with van der Waals surface area (Å²) < 4.78 is 0. The molecule has 1 unspecified atom stereocenters. The van der Waals surface area contributed by atoms with Crippen LogP contribution in [-0.2, 0) is 4.79 Å². The van der Waals surface area contributed by atoms with Gasteiger partial charge in [-0.3, -0.25) is 15.1 Å². The number of nitrogens with one attached hydrogen (secondary N) is 1. The largest absolute Gasteiger partial charge is 0.299 e. The lowest BCUT2D eigenvalue weighted by molar-refractivity contribution is -0.122. The number of nitriles is 1. The van der Waals surface area contributed by atoms with Crippen LogP contribution < -0.4 is 11.3 Å². The minimum Gasteiger partial charge on any atom is -0.299 e. The van der Waals surface area contributed by atoms with E-state index in [4.69, 9.17) is 11.1 Å². The van der Waals surface area contributed by atoms with Crippen molar-refractivity contribution in [2.45, 2.75) is 32.7 Å². The number of nitrogens with two attached hydrogens (primary N) is 1. The zero-order chi connectivity index (χ0) is 11.0. The monoisotopic (exact) mass is 198 g/mol. The Balaban J connectivity index is 3.97. The van der Waals surface area contributed by atoms with Crippen LogP contribution in [0.4, 0.5) is 0 Å². The van der Waals surface area contributed by atoms with E-state index in [-0.39, 0.29) is 11.9 Å². The molecule has 1 atom stereocenters. The van der Waals surface area contributed by atoms with Crippen molar-refractivity contribution >= 4 is 5.91 Å². The highest BCUT2D eigenvalue weighted by atomic mass is 16.2. The lowest BCUT2D eigenvalue weighted by atomic mass is 10.2. The van der Waals surface area contributed by atoms with Gasteiger partial charge in [0.25, 0.3) is 0 Å². The maximum Gasteiger partial charge on any atom is 0.235 e. The van der Waals surface area contributed by atoms with Gasteiger partial charge in [0, 0.05) is 25.4 Å². The van der Waals surface area contributed by atoms with Gasteiger partial charge in [0.05, 0.1) is 6.07 Å². The number of rotatable bonds is 6. The zero-order valence-electron chi connectivity index (χ0n) is 8.79. The topological polar surface area (TPSA) is 82.2 Å². The van der Waals surface area contributed by atoms with Crippen molar-refractivity contribution in [3.63, 3.8) is 0 Å². The van der Waals surface area contributed by atoms with E-state index in [9.17, 15) is 4.79 Å². The van der Waals surface area contributed by atoms with Crippen molar-refractivity contribution < 1.29 is 4.79 Å². The van der Waals surface area contributed by atoms with Crippen LogP contribution in [0.2, 0.25) is 0 Å². The summed E-state index contributed by atoms with van der Waals surface area (Å²) in [6.45, 7) is 5.50. The Hall–Kier alpha value is -1.12. The maximum absolute atomic E-state index is 11.0. The average molecular weight is 198 g/mol. The minimum absolute atomic E-state index is 0.122. The molecule has 5 heteroatoms. The second-order valence-electron chi connectivity index (χ2n) is 3.16. The highest BCUT2D eigenvalue weighted by molar-refractivity contribution is 5.75. The van der Waals surface area contributed by atoms with Crippen LogP contribution in [0.15, 0.2) is 0 Å². The van der Waals surface area contributed by atoms with Crippen LogP contribution in [-0.4, -0.2) is 29.9 Å². The Bertz CT molecular complexity index is 211. The van der Waals surface area contributed by atoms with Crippen LogP contribution >= 0.6 is 0 Å². The van der Waals surface area contributed by atoms with Gasteiger partial charge in [0.2, 0.25) is 5.91 Å². The van der Waals surface area contributed by atoms with E-state index in [0.717, 1.165) is 6.54 Å². The standard InChI is InChI=1S/C9H18N4O/c1-3-13(6-4-5-10)8(2)7-9(14)12-11/h8H,3-4,6-7,11H2,1-2H3,(H,12,14). The van der Waals surface area contributed by atoms with Crippen LogP contribution in [0.25, 0.3) is 0 Å². The van der Waals surface area contributed by atoms with Gasteiger partial charge in [0.1, 0.15) is 0 Å². The molecule has 80 valence electrons. The average Bonchev–Trinajstić information content (AvgIpc) is 2.18. The van der Waals surface area contributed by atoms with Crippen molar-refractivity contribution in [2.75, 3.05) is 13.1 Å². The highest BCUT2D eigenvalue weighted by Crippen LogP contribution is 2.03. The number of carbonyl (C=O) groups excluding carboxylic acids is 1. The van der Waals surface area contributed by atoms with Crippen molar-refractivity contribution in [2.24, 2.45) is 5.84 Å². The van der Waals surface area contributed by atoms with Gasteiger partial charge in [-0.15, -0.1) is 0 Å². The predicted octanol–water partition coefficient (Wildman–Crippen LogP) is -0.00952. The fourth-order valence-corrected chi connectivity index (χ4v) is 1.34. The molecular weight excluding hydrogens is 180 g/mol. The molecular formula is C9H18N4O. The molecule has 5 nitrogen and oxygen atoms in total. The zero-order valence-corrected chi connectivity index (χ0v) is 8.79. The second kappa shape index (κ2) is 7.30. The van der Waals surface area contributed by atoms with Crippen LogP contribution in [0.3, 0.4) is 0 Å². The van der Waals surface area contributed by atoms with Crippen LogP contribution in [0.5, 0.6) is 0 Å². The fraction of sp³-hybridized carbons (Fsp3) is 0.778. The predicted molar refractivity (Wildman–Crippen MR) is 53.9 cm³/mol. The Morgan fingerprint density at radius 2 is 2.36 bits per heavy atom. The molecule has 1 amide bonds. The number of nitrogens with zero attached hydrogens (tertiary/aromatic N) is 2. The van der Waals surface area contributed by atoms with E-state index in [1.807, 2.05) is 13.8 Å². The van der Waals surface area contributed by atoms with Gasteiger partial charge in [-0.2, -0.15) is 5.26 Å². The summed E-state index contributed by atoms with van der Waals surface area (Å²) >= 11 is 0. The number of hydrogen-bond acceptors (Lipinski definition) is 4. The lowest BCUT2D eigenvalue weighted by Crippen LogP contribution is -2.39. The normalized spacial score (nSPS) is 12.2. The first kappa shape index (κ1) is 12.9. The van der Waals surface area contributed by atoms with Gasteiger partial charge < -0.3 is 0 Å². The number of hydrazine groups is 1. The molecule has 0 spiro atoms. The fourth-order valence-electron chi connectivity index (χ4n) is 1.34. The summed E-state index contributed by atoms with van der Waals surface area (Å²) in [7, 11) is 0. The van der Waals surface area contributed by atoms with Gasteiger partial charge in [-0.1, -0.05) is 6.92 Å². The Kier molecular flexibility index (Phi) is 6.72. The summed E-state index contributed by atoms with van der Waals surface area (Å²) in [5, 5.41) is 8.44. The molecule has 0 fully saturated rings. The molecule has 0 saturated carbocycles. The smallest absolute Gasteiger partial charge is 0.235 e. The molecule has 0 aliphatic rings. The molecule has 0 radical (unpaired) electrons. The molecule has 0 heterocycles. The number of hydrogen-bond donors (Lipinski definition) is 2. The molecule has 0 aromatic heterocycles. The quantitative estimate of drug-likeness (QED) is 0.357. The molecule has 0 bridgehead atoms. The highest BCUT2D eigenvalue weighted by Gasteiger charge is 2.14. The Morgan fingerprint density at radius 3 is 2.79 bits per heavy atom. The van der Waals surface area contributed by atoms with Crippen molar-refractivity contribution in [3.05, 3.63) is 0 Å².